The van der Waals surface area contributed by atoms with Crippen molar-refractivity contribution in [3.8, 4) is 5.75 Å². The molecule has 1 amide bonds. The van der Waals surface area contributed by atoms with Crippen LogP contribution in [-0.4, -0.2) is 18.2 Å². The van der Waals surface area contributed by atoms with Crippen LogP contribution in [0.3, 0.4) is 0 Å². The third kappa shape index (κ3) is 6.34. The fraction of sp³-hybridized carbons (Fsp3) is 0.176. The largest absolute Gasteiger partial charge is 0.573 e. The van der Waals surface area contributed by atoms with Gasteiger partial charge < -0.3 is 21.1 Å². The molecule has 0 bridgehead atoms. The van der Waals surface area contributed by atoms with Crippen LogP contribution in [-0.2, 0) is 11.3 Å². The summed E-state index contributed by atoms with van der Waals surface area (Å²) < 4.78 is 41.2. The van der Waals surface area contributed by atoms with Gasteiger partial charge in [0, 0.05) is 12.6 Å². The third-order valence-electron chi connectivity index (χ3n) is 3.05. The molecule has 9 heteroatoms. The van der Waals surface area contributed by atoms with Crippen molar-refractivity contribution in [1.82, 2.24) is 0 Å². The standard InChI is InChI=1S/C17H17F3N4O2/c1-11(25)23-13-6-4-5-12(9-13)10-22-16(21)24-14-7-2-3-8-15(14)26-17(18,19)20/h2-9H,10H2,1H3,(H,23,25)(H3,21,22,24). The molecule has 2 rings (SSSR count). The normalized spacial score (nSPS) is 11.8. The number of nitrogens with two attached hydrogens (primary N) is 1. The molecule has 0 saturated carbocycles. The van der Waals surface area contributed by atoms with Gasteiger partial charge in [0.1, 0.15) is 0 Å². The number of rotatable bonds is 5. The molecule has 0 heterocycles. The van der Waals surface area contributed by atoms with Gasteiger partial charge in [-0.3, -0.25) is 4.79 Å². The van der Waals surface area contributed by atoms with Gasteiger partial charge in [0.15, 0.2) is 11.7 Å². The summed E-state index contributed by atoms with van der Waals surface area (Å²) >= 11 is 0. The number of hydrogen-bond donors (Lipinski definition) is 3. The summed E-state index contributed by atoms with van der Waals surface area (Å²) in [6, 6.07) is 12.5. The van der Waals surface area contributed by atoms with Crippen molar-refractivity contribution in [3.05, 3.63) is 54.1 Å². The first-order valence-electron chi connectivity index (χ1n) is 7.51. The van der Waals surface area contributed by atoms with E-state index in [0.717, 1.165) is 5.56 Å². The molecule has 4 N–H and O–H groups in total. The Labute approximate surface area is 147 Å². The Balaban J connectivity index is 2.06. The first-order chi connectivity index (χ1) is 12.2. The number of nitrogens with zero attached hydrogens (tertiary/aromatic N) is 1. The number of alkyl halides is 3. The van der Waals surface area contributed by atoms with Gasteiger partial charge in [0.2, 0.25) is 5.91 Å². The van der Waals surface area contributed by atoms with E-state index in [0.29, 0.717) is 5.69 Å². The second-order valence-corrected chi connectivity index (χ2v) is 5.25. The molecular weight excluding hydrogens is 349 g/mol. The molecule has 0 aromatic heterocycles. The summed E-state index contributed by atoms with van der Waals surface area (Å²) in [5.74, 6) is -0.688. The number of guanidine groups is 1. The number of aliphatic imine (C=N–C) groups is 1. The minimum Gasteiger partial charge on any atom is -0.404 e. The molecule has 0 aliphatic heterocycles. The van der Waals surface area contributed by atoms with Crippen LogP contribution in [0.25, 0.3) is 0 Å². The molecule has 26 heavy (non-hydrogen) atoms. The minimum absolute atomic E-state index is 0.0399. The summed E-state index contributed by atoms with van der Waals surface area (Å²) in [5.41, 5.74) is 7.15. The van der Waals surface area contributed by atoms with Crippen molar-refractivity contribution in [1.29, 1.82) is 0 Å². The number of hydrogen-bond acceptors (Lipinski definition) is 3. The Kier molecular flexibility index (Phi) is 6.05. The molecule has 0 fully saturated rings. The second-order valence-electron chi connectivity index (χ2n) is 5.25. The number of carbonyl (C=O) groups excluding carboxylic acids is 1. The predicted octanol–water partition coefficient (Wildman–Crippen LogP) is 3.47. The van der Waals surface area contributed by atoms with Gasteiger partial charge in [-0.15, -0.1) is 13.2 Å². The lowest BCUT2D eigenvalue weighted by molar-refractivity contribution is -0.274. The van der Waals surface area contributed by atoms with Crippen LogP contribution in [0, 0.1) is 0 Å². The summed E-state index contributed by atoms with van der Waals surface area (Å²) in [5, 5.41) is 5.23. The Hall–Kier alpha value is -3.23. The Morgan fingerprint density at radius 2 is 1.88 bits per heavy atom. The molecule has 0 radical (unpaired) electrons. The van der Waals surface area contributed by atoms with Gasteiger partial charge in [0.05, 0.1) is 12.2 Å². The molecule has 0 unspecified atom stereocenters. The first kappa shape index (κ1) is 19.1. The maximum Gasteiger partial charge on any atom is 0.573 e. The van der Waals surface area contributed by atoms with Crippen LogP contribution >= 0.6 is 0 Å². The zero-order valence-corrected chi connectivity index (χ0v) is 13.8. The van der Waals surface area contributed by atoms with Crippen molar-refractivity contribution < 1.29 is 22.7 Å². The summed E-state index contributed by atoms with van der Waals surface area (Å²) in [6.45, 7) is 1.57. The number of benzene rings is 2. The van der Waals surface area contributed by atoms with E-state index in [1.54, 1.807) is 24.3 Å². The van der Waals surface area contributed by atoms with Crippen molar-refractivity contribution in [2.75, 3.05) is 10.6 Å². The molecule has 138 valence electrons. The van der Waals surface area contributed by atoms with Crippen LogP contribution in [0.5, 0.6) is 5.75 Å². The lowest BCUT2D eigenvalue weighted by atomic mass is 10.2. The van der Waals surface area contributed by atoms with Gasteiger partial charge in [-0.25, -0.2) is 4.99 Å². The number of carbonyl (C=O) groups is 1. The van der Waals surface area contributed by atoms with Crippen molar-refractivity contribution >= 4 is 23.2 Å². The summed E-state index contributed by atoms with van der Waals surface area (Å²) in [4.78, 5) is 15.1. The molecule has 0 spiro atoms. The molecule has 2 aromatic rings. The van der Waals surface area contributed by atoms with E-state index in [-0.39, 0.29) is 24.1 Å². The fourth-order valence-electron chi connectivity index (χ4n) is 2.09. The molecular formula is C17H17F3N4O2. The number of ether oxygens (including phenoxy) is 1. The molecule has 0 aliphatic rings. The van der Waals surface area contributed by atoms with E-state index in [9.17, 15) is 18.0 Å². The van der Waals surface area contributed by atoms with Crippen LogP contribution in [0.15, 0.2) is 53.5 Å². The van der Waals surface area contributed by atoms with E-state index in [1.807, 2.05) is 0 Å². The highest BCUT2D eigenvalue weighted by Crippen LogP contribution is 2.29. The van der Waals surface area contributed by atoms with Gasteiger partial charge >= 0.3 is 6.36 Å². The maximum absolute atomic E-state index is 12.4. The molecule has 2 aromatic carbocycles. The van der Waals surface area contributed by atoms with E-state index >= 15 is 0 Å². The van der Waals surface area contributed by atoms with E-state index in [2.05, 4.69) is 20.4 Å². The average Bonchev–Trinajstić information content (AvgIpc) is 2.53. The van der Waals surface area contributed by atoms with Gasteiger partial charge in [-0.05, 0) is 29.8 Å². The molecule has 6 nitrogen and oxygen atoms in total. The Morgan fingerprint density at radius 1 is 1.15 bits per heavy atom. The van der Waals surface area contributed by atoms with E-state index in [1.165, 1.54) is 31.2 Å². The topological polar surface area (TPSA) is 88.7 Å². The minimum atomic E-state index is -4.81. The second kappa shape index (κ2) is 8.24. The maximum atomic E-state index is 12.4. The number of amides is 1. The summed E-state index contributed by atoms with van der Waals surface area (Å²) in [7, 11) is 0. The van der Waals surface area contributed by atoms with Crippen LogP contribution in [0.4, 0.5) is 24.5 Å². The predicted molar refractivity (Wildman–Crippen MR) is 92.8 cm³/mol. The van der Waals surface area contributed by atoms with Crippen LogP contribution in [0.1, 0.15) is 12.5 Å². The van der Waals surface area contributed by atoms with Crippen LogP contribution in [0.2, 0.25) is 0 Å². The molecule has 0 atom stereocenters. The third-order valence-corrected chi connectivity index (χ3v) is 3.05. The number of halogens is 3. The highest BCUT2D eigenvalue weighted by molar-refractivity contribution is 5.93. The highest BCUT2D eigenvalue weighted by Gasteiger charge is 2.32. The van der Waals surface area contributed by atoms with E-state index in [4.69, 9.17) is 5.73 Å². The number of para-hydroxylation sites is 2. The Bertz CT molecular complexity index is 807. The van der Waals surface area contributed by atoms with E-state index < -0.39 is 12.1 Å². The first-order valence-corrected chi connectivity index (χ1v) is 7.51. The molecule has 0 saturated heterocycles. The highest BCUT2D eigenvalue weighted by atomic mass is 19.4. The smallest absolute Gasteiger partial charge is 0.404 e. The Morgan fingerprint density at radius 3 is 2.58 bits per heavy atom. The van der Waals surface area contributed by atoms with Crippen LogP contribution < -0.4 is 21.1 Å². The SMILES string of the molecule is CC(=O)Nc1cccc(CN=C(N)Nc2ccccc2OC(F)(F)F)c1. The number of nitrogens with one attached hydrogen (secondary N) is 2. The lowest BCUT2D eigenvalue weighted by Crippen LogP contribution is -2.24. The average molecular weight is 366 g/mol. The van der Waals surface area contributed by atoms with Crippen molar-refractivity contribution in [2.24, 2.45) is 10.7 Å². The quantitative estimate of drug-likeness (QED) is 0.558. The molecule has 0 aliphatic carbocycles. The van der Waals surface area contributed by atoms with Gasteiger partial charge in [-0.2, -0.15) is 0 Å². The zero-order valence-electron chi connectivity index (χ0n) is 13.8. The fourth-order valence-corrected chi connectivity index (χ4v) is 2.09. The monoisotopic (exact) mass is 366 g/mol. The summed E-state index contributed by atoms with van der Waals surface area (Å²) in [6.07, 6.45) is -4.81. The van der Waals surface area contributed by atoms with Gasteiger partial charge in [0.25, 0.3) is 0 Å². The van der Waals surface area contributed by atoms with Crippen molar-refractivity contribution in [3.63, 3.8) is 0 Å². The lowest BCUT2D eigenvalue weighted by Gasteiger charge is -2.14. The van der Waals surface area contributed by atoms with Crippen molar-refractivity contribution in [2.45, 2.75) is 19.8 Å². The zero-order chi connectivity index (χ0) is 19.2. The number of anilines is 2. The van der Waals surface area contributed by atoms with Gasteiger partial charge in [-0.1, -0.05) is 24.3 Å².